The van der Waals surface area contributed by atoms with Gasteiger partial charge in [-0.3, -0.25) is 9.59 Å². The van der Waals surface area contributed by atoms with Crippen LogP contribution in [0.4, 0.5) is 0 Å². The van der Waals surface area contributed by atoms with Gasteiger partial charge in [0.1, 0.15) is 0 Å². The second kappa shape index (κ2) is 10.4. The topological polar surface area (TPSA) is 75.6 Å². The van der Waals surface area contributed by atoms with Gasteiger partial charge >= 0.3 is 5.97 Å². The molecule has 4 atom stereocenters. The van der Waals surface area contributed by atoms with Crippen LogP contribution in [0.5, 0.6) is 0 Å². The number of fused-ring (bicyclic) bond motifs is 2. The Morgan fingerprint density at radius 3 is 2.64 bits per heavy atom. The van der Waals surface area contributed by atoms with Crippen LogP contribution in [0.25, 0.3) is 0 Å². The van der Waals surface area contributed by atoms with Crippen LogP contribution in [-0.4, -0.2) is 35.2 Å². The number of hydrogen-bond acceptors (Lipinski definition) is 3. The molecule has 0 radical (unpaired) electrons. The van der Waals surface area contributed by atoms with Crippen molar-refractivity contribution in [1.29, 1.82) is 0 Å². The molecule has 0 aliphatic carbocycles. The van der Waals surface area contributed by atoms with Crippen molar-refractivity contribution < 1.29 is 19.4 Å². The maximum atomic E-state index is 12.4. The van der Waals surface area contributed by atoms with E-state index in [0.717, 1.165) is 38.5 Å². The monoisotopic (exact) mass is 385 g/mol. The SMILES string of the molecule is O=C(O)CCC/C=C/CC1C2CCC(O2)C1NC(=O)CCCc1ccccc1. The Kier molecular flexibility index (Phi) is 7.66. The first-order chi connectivity index (χ1) is 13.6. The number of carbonyl (C=O) groups excluding carboxylic acids is 1. The summed E-state index contributed by atoms with van der Waals surface area (Å²) in [5.41, 5.74) is 1.27. The minimum Gasteiger partial charge on any atom is -0.481 e. The highest BCUT2D eigenvalue weighted by molar-refractivity contribution is 5.76. The molecule has 1 aromatic rings. The van der Waals surface area contributed by atoms with Crippen molar-refractivity contribution in [3.63, 3.8) is 0 Å². The van der Waals surface area contributed by atoms with E-state index in [1.165, 1.54) is 5.56 Å². The molecule has 152 valence electrons. The number of carboxylic acids is 1. The third-order valence-electron chi connectivity index (χ3n) is 5.80. The number of ether oxygens (including phenoxy) is 1. The highest BCUT2D eigenvalue weighted by Crippen LogP contribution is 2.41. The fourth-order valence-electron chi connectivity index (χ4n) is 4.37. The highest BCUT2D eigenvalue weighted by atomic mass is 16.5. The third-order valence-corrected chi connectivity index (χ3v) is 5.80. The Labute approximate surface area is 167 Å². The Hall–Kier alpha value is -2.14. The minimum absolute atomic E-state index is 0.103. The van der Waals surface area contributed by atoms with Gasteiger partial charge in [0, 0.05) is 18.8 Å². The molecular formula is C23H31NO4. The zero-order valence-corrected chi connectivity index (χ0v) is 16.4. The Balaban J connectivity index is 1.41. The van der Waals surface area contributed by atoms with Crippen molar-refractivity contribution in [3.8, 4) is 0 Å². The summed E-state index contributed by atoms with van der Waals surface area (Å²) in [6.07, 6.45) is 11.5. The summed E-state index contributed by atoms with van der Waals surface area (Å²) in [4.78, 5) is 23.0. The summed E-state index contributed by atoms with van der Waals surface area (Å²) >= 11 is 0. The summed E-state index contributed by atoms with van der Waals surface area (Å²) in [6, 6.07) is 10.4. The van der Waals surface area contributed by atoms with Gasteiger partial charge in [0.05, 0.1) is 18.2 Å². The number of rotatable bonds is 11. The van der Waals surface area contributed by atoms with Gasteiger partial charge in [-0.25, -0.2) is 0 Å². The maximum Gasteiger partial charge on any atom is 0.303 e. The molecule has 0 saturated carbocycles. The molecule has 5 nitrogen and oxygen atoms in total. The number of hydrogen-bond donors (Lipinski definition) is 2. The molecule has 2 fully saturated rings. The third kappa shape index (κ3) is 5.93. The zero-order valence-electron chi connectivity index (χ0n) is 16.4. The van der Waals surface area contributed by atoms with E-state index in [9.17, 15) is 9.59 Å². The summed E-state index contributed by atoms with van der Waals surface area (Å²) in [7, 11) is 0. The van der Waals surface area contributed by atoms with Gasteiger partial charge in [-0.2, -0.15) is 0 Å². The van der Waals surface area contributed by atoms with E-state index < -0.39 is 5.97 Å². The zero-order chi connectivity index (χ0) is 19.8. The Morgan fingerprint density at radius 2 is 1.86 bits per heavy atom. The van der Waals surface area contributed by atoms with Gasteiger partial charge in [-0.05, 0) is 50.5 Å². The average Bonchev–Trinajstić information content (AvgIpc) is 3.27. The highest BCUT2D eigenvalue weighted by Gasteiger charge is 2.48. The molecule has 2 aliphatic heterocycles. The molecule has 2 heterocycles. The number of unbranched alkanes of at least 4 members (excludes halogenated alkanes) is 1. The summed E-state index contributed by atoms with van der Waals surface area (Å²) in [5.74, 6) is -0.301. The van der Waals surface area contributed by atoms with Crippen LogP contribution in [0.1, 0.15) is 56.9 Å². The summed E-state index contributed by atoms with van der Waals surface area (Å²) < 4.78 is 6.06. The van der Waals surface area contributed by atoms with E-state index in [1.54, 1.807) is 0 Å². The van der Waals surface area contributed by atoms with Crippen LogP contribution in [0.2, 0.25) is 0 Å². The molecule has 4 unspecified atom stereocenters. The Bertz CT molecular complexity index is 672. The molecule has 0 spiro atoms. The largest absolute Gasteiger partial charge is 0.481 e. The standard InChI is InChI=1S/C23H31NO4/c25-21(13-8-11-17-9-4-3-5-10-17)24-23-18(19-15-16-20(23)28-19)12-6-1-2-7-14-22(26)27/h1,3-6,9-10,18-20,23H,2,7-8,11-16H2,(H,24,25)(H,26,27)/b6-1+. The second-order valence-corrected chi connectivity index (χ2v) is 7.88. The van der Waals surface area contributed by atoms with Crippen LogP contribution in [-0.2, 0) is 20.7 Å². The molecule has 0 aromatic heterocycles. The van der Waals surface area contributed by atoms with Crippen molar-refractivity contribution in [2.24, 2.45) is 5.92 Å². The number of aryl methyl sites for hydroxylation is 1. The lowest BCUT2D eigenvalue weighted by atomic mass is 9.82. The number of carboxylic acid groups (broad SMARTS) is 1. The number of amides is 1. The molecule has 28 heavy (non-hydrogen) atoms. The van der Waals surface area contributed by atoms with E-state index in [2.05, 4.69) is 29.6 Å². The van der Waals surface area contributed by atoms with E-state index >= 15 is 0 Å². The van der Waals surface area contributed by atoms with E-state index in [-0.39, 0.29) is 30.6 Å². The van der Waals surface area contributed by atoms with E-state index in [0.29, 0.717) is 18.8 Å². The van der Waals surface area contributed by atoms with Gasteiger partial charge in [-0.1, -0.05) is 42.5 Å². The predicted octanol–water partition coefficient (Wildman–Crippen LogP) is 3.87. The number of aliphatic carboxylic acids is 1. The number of nitrogens with one attached hydrogen (secondary N) is 1. The van der Waals surface area contributed by atoms with Crippen molar-refractivity contribution in [3.05, 3.63) is 48.0 Å². The lowest BCUT2D eigenvalue weighted by Gasteiger charge is -2.28. The van der Waals surface area contributed by atoms with E-state index in [1.807, 2.05) is 18.2 Å². The van der Waals surface area contributed by atoms with Gasteiger partial charge < -0.3 is 15.2 Å². The fourth-order valence-corrected chi connectivity index (χ4v) is 4.37. The van der Waals surface area contributed by atoms with Crippen molar-refractivity contribution in [1.82, 2.24) is 5.32 Å². The summed E-state index contributed by atoms with van der Waals surface area (Å²) in [5, 5.41) is 11.9. The first-order valence-electron chi connectivity index (χ1n) is 10.5. The van der Waals surface area contributed by atoms with Crippen molar-refractivity contribution >= 4 is 11.9 Å². The van der Waals surface area contributed by atoms with Crippen LogP contribution in [0.3, 0.4) is 0 Å². The lowest BCUT2D eigenvalue weighted by Crippen LogP contribution is -2.46. The second-order valence-electron chi connectivity index (χ2n) is 7.88. The van der Waals surface area contributed by atoms with Crippen LogP contribution < -0.4 is 5.32 Å². The molecule has 2 bridgehead atoms. The van der Waals surface area contributed by atoms with E-state index in [4.69, 9.17) is 9.84 Å². The van der Waals surface area contributed by atoms with Crippen molar-refractivity contribution in [2.75, 3.05) is 0 Å². The average molecular weight is 386 g/mol. The molecule has 2 aliphatic rings. The molecule has 1 aromatic carbocycles. The number of allylic oxidation sites excluding steroid dienone is 2. The van der Waals surface area contributed by atoms with Gasteiger partial charge in [0.15, 0.2) is 0 Å². The van der Waals surface area contributed by atoms with Crippen LogP contribution >= 0.6 is 0 Å². The quantitative estimate of drug-likeness (QED) is 0.448. The van der Waals surface area contributed by atoms with Gasteiger partial charge in [0.25, 0.3) is 0 Å². The van der Waals surface area contributed by atoms with Crippen molar-refractivity contribution in [2.45, 2.75) is 76.0 Å². The first-order valence-corrected chi connectivity index (χ1v) is 10.5. The number of carbonyl (C=O) groups is 2. The van der Waals surface area contributed by atoms with Crippen LogP contribution in [0, 0.1) is 5.92 Å². The summed E-state index contributed by atoms with van der Waals surface area (Å²) in [6.45, 7) is 0. The maximum absolute atomic E-state index is 12.4. The smallest absolute Gasteiger partial charge is 0.303 e. The molecule has 1 amide bonds. The normalized spacial score (nSPS) is 26.0. The Morgan fingerprint density at radius 1 is 1.07 bits per heavy atom. The molecular weight excluding hydrogens is 354 g/mol. The van der Waals surface area contributed by atoms with Gasteiger partial charge in [0.2, 0.25) is 5.91 Å². The lowest BCUT2D eigenvalue weighted by molar-refractivity contribution is -0.137. The number of benzene rings is 1. The molecule has 2 saturated heterocycles. The first kappa shape index (κ1) is 20.6. The van der Waals surface area contributed by atoms with Gasteiger partial charge in [-0.15, -0.1) is 0 Å². The molecule has 3 rings (SSSR count). The molecule has 2 N–H and O–H groups in total. The van der Waals surface area contributed by atoms with Crippen LogP contribution in [0.15, 0.2) is 42.5 Å². The predicted molar refractivity (Wildman–Crippen MR) is 108 cm³/mol. The fraction of sp³-hybridized carbons (Fsp3) is 0.565. The molecule has 5 heteroatoms. The minimum atomic E-state index is -0.745.